The zero-order valence-electron chi connectivity index (χ0n) is 10.7. The van der Waals surface area contributed by atoms with Gasteiger partial charge in [-0.3, -0.25) is 0 Å². The van der Waals surface area contributed by atoms with E-state index < -0.39 is 23.7 Å². The van der Waals surface area contributed by atoms with Crippen LogP contribution in [0.15, 0.2) is 18.2 Å². The summed E-state index contributed by atoms with van der Waals surface area (Å²) in [4.78, 5) is 0. The van der Waals surface area contributed by atoms with Gasteiger partial charge in [-0.15, -0.1) is 0 Å². The Hall–Kier alpha value is -1.00. The number of fused-ring (bicyclic) bond motifs is 1. The molecule has 0 amide bonds. The van der Waals surface area contributed by atoms with Crippen molar-refractivity contribution in [1.82, 2.24) is 0 Å². The summed E-state index contributed by atoms with van der Waals surface area (Å²) < 4.78 is 26.8. The molecule has 2 fully saturated rings. The Bertz CT molecular complexity index is 469. The van der Waals surface area contributed by atoms with Crippen molar-refractivity contribution < 1.29 is 13.9 Å². The molecule has 1 aromatic rings. The molecule has 0 aromatic heterocycles. The minimum atomic E-state index is -0.627. The summed E-state index contributed by atoms with van der Waals surface area (Å²) in [5.74, 6) is 0.0726. The van der Waals surface area contributed by atoms with E-state index in [0.29, 0.717) is 5.56 Å². The number of hydrogen-bond acceptors (Lipinski definition) is 2. The molecule has 0 radical (unpaired) electrons. The Morgan fingerprint density at radius 2 is 1.89 bits per heavy atom. The molecule has 0 spiro atoms. The van der Waals surface area contributed by atoms with Crippen LogP contribution >= 0.6 is 0 Å². The summed E-state index contributed by atoms with van der Waals surface area (Å²) in [6, 6.07) is 3.48. The van der Waals surface area contributed by atoms with E-state index in [0.717, 1.165) is 30.7 Å². The van der Waals surface area contributed by atoms with Crippen LogP contribution in [0.25, 0.3) is 0 Å². The molecule has 3 N–H and O–H groups in total. The lowest BCUT2D eigenvalue weighted by Gasteiger charge is -2.28. The van der Waals surface area contributed by atoms with Gasteiger partial charge in [-0.1, -0.05) is 6.07 Å². The quantitative estimate of drug-likeness (QED) is 0.880. The second-order valence-corrected chi connectivity index (χ2v) is 5.99. The standard InChI is InChI=1S/C15H19F2NO/c16-11-1-2-12(14(17)6-11)13(7-18)15(19)10-4-8-3-9(8)5-10/h1-2,6,8-10,13,15,19H,3-5,7,18H2. The zero-order chi connectivity index (χ0) is 13.6. The van der Waals surface area contributed by atoms with Gasteiger partial charge in [0.15, 0.2) is 0 Å². The normalized spacial score (nSPS) is 31.9. The van der Waals surface area contributed by atoms with Gasteiger partial charge in [0.25, 0.3) is 0 Å². The summed E-state index contributed by atoms with van der Waals surface area (Å²) >= 11 is 0. The number of aliphatic hydroxyl groups is 1. The molecule has 0 heterocycles. The topological polar surface area (TPSA) is 46.2 Å². The lowest BCUT2D eigenvalue weighted by molar-refractivity contribution is 0.0778. The van der Waals surface area contributed by atoms with Crippen molar-refractivity contribution in [3.8, 4) is 0 Å². The van der Waals surface area contributed by atoms with Gasteiger partial charge in [0.1, 0.15) is 11.6 Å². The van der Waals surface area contributed by atoms with E-state index in [1.807, 2.05) is 0 Å². The van der Waals surface area contributed by atoms with E-state index in [2.05, 4.69) is 0 Å². The van der Waals surface area contributed by atoms with Gasteiger partial charge in [-0.05, 0) is 48.6 Å². The summed E-state index contributed by atoms with van der Waals surface area (Å²) in [5, 5.41) is 10.5. The second kappa shape index (κ2) is 4.84. The predicted octanol–water partition coefficient (Wildman–Crippen LogP) is 2.41. The monoisotopic (exact) mass is 267 g/mol. The molecule has 19 heavy (non-hydrogen) atoms. The second-order valence-electron chi connectivity index (χ2n) is 5.99. The van der Waals surface area contributed by atoms with Crippen molar-refractivity contribution in [3.63, 3.8) is 0 Å². The number of nitrogens with two attached hydrogens (primary N) is 1. The largest absolute Gasteiger partial charge is 0.392 e. The molecule has 2 saturated carbocycles. The molecule has 4 heteroatoms. The third-order valence-corrected chi connectivity index (χ3v) is 4.79. The first-order valence-electron chi connectivity index (χ1n) is 6.93. The van der Waals surface area contributed by atoms with E-state index in [1.165, 1.54) is 18.6 Å². The van der Waals surface area contributed by atoms with Crippen molar-refractivity contribution >= 4 is 0 Å². The molecule has 2 nitrogen and oxygen atoms in total. The smallest absolute Gasteiger partial charge is 0.129 e. The number of aliphatic hydroxyl groups excluding tert-OH is 1. The van der Waals surface area contributed by atoms with Crippen LogP contribution in [0.3, 0.4) is 0 Å². The fourth-order valence-electron chi connectivity index (χ4n) is 3.62. The van der Waals surface area contributed by atoms with E-state index >= 15 is 0 Å². The Morgan fingerprint density at radius 3 is 2.47 bits per heavy atom. The van der Waals surface area contributed by atoms with Crippen LogP contribution in [0.4, 0.5) is 8.78 Å². The fraction of sp³-hybridized carbons (Fsp3) is 0.600. The highest BCUT2D eigenvalue weighted by Crippen LogP contribution is 2.56. The molecule has 1 aromatic carbocycles. The van der Waals surface area contributed by atoms with Gasteiger partial charge >= 0.3 is 0 Å². The van der Waals surface area contributed by atoms with Gasteiger partial charge in [-0.2, -0.15) is 0 Å². The Kier molecular flexibility index (Phi) is 3.31. The van der Waals surface area contributed by atoms with E-state index in [9.17, 15) is 13.9 Å². The summed E-state index contributed by atoms with van der Waals surface area (Å²) in [6.45, 7) is 0.176. The van der Waals surface area contributed by atoms with Gasteiger partial charge in [-0.25, -0.2) is 8.78 Å². The molecule has 2 aliphatic rings. The molecule has 0 saturated heterocycles. The highest BCUT2D eigenvalue weighted by Gasteiger charge is 2.48. The van der Waals surface area contributed by atoms with Gasteiger partial charge in [0, 0.05) is 18.5 Å². The third kappa shape index (κ3) is 2.39. The Labute approximate surface area is 111 Å². The fourth-order valence-corrected chi connectivity index (χ4v) is 3.62. The van der Waals surface area contributed by atoms with Crippen LogP contribution < -0.4 is 5.73 Å². The molecular formula is C15H19F2NO. The summed E-state index contributed by atoms with van der Waals surface area (Å²) in [6.07, 6.45) is 2.69. The first-order valence-corrected chi connectivity index (χ1v) is 6.93. The highest BCUT2D eigenvalue weighted by molar-refractivity contribution is 5.24. The first kappa shape index (κ1) is 13.0. The van der Waals surface area contributed by atoms with Crippen molar-refractivity contribution in [2.75, 3.05) is 6.54 Å². The Morgan fingerprint density at radius 1 is 1.21 bits per heavy atom. The number of hydrogen-bond donors (Lipinski definition) is 2. The van der Waals surface area contributed by atoms with Crippen molar-refractivity contribution in [3.05, 3.63) is 35.4 Å². The minimum absolute atomic E-state index is 0.176. The van der Waals surface area contributed by atoms with Crippen molar-refractivity contribution in [1.29, 1.82) is 0 Å². The van der Waals surface area contributed by atoms with Crippen LogP contribution in [0, 0.1) is 29.4 Å². The van der Waals surface area contributed by atoms with Gasteiger partial charge < -0.3 is 10.8 Å². The molecule has 104 valence electrons. The zero-order valence-corrected chi connectivity index (χ0v) is 10.7. The maximum atomic E-state index is 13.8. The maximum absolute atomic E-state index is 13.8. The summed E-state index contributed by atoms with van der Waals surface area (Å²) in [7, 11) is 0. The number of rotatable bonds is 4. The molecule has 0 bridgehead atoms. The molecule has 4 unspecified atom stereocenters. The van der Waals surface area contributed by atoms with E-state index in [-0.39, 0.29) is 12.5 Å². The predicted molar refractivity (Wildman–Crippen MR) is 68.5 cm³/mol. The molecule has 4 atom stereocenters. The lowest BCUT2D eigenvalue weighted by atomic mass is 9.83. The number of benzene rings is 1. The average molecular weight is 267 g/mol. The summed E-state index contributed by atoms with van der Waals surface area (Å²) in [5.41, 5.74) is 6.04. The van der Waals surface area contributed by atoms with Crippen LogP contribution in [0.1, 0.15) is 30.7 Å². The van der Waals surface area contributed by atoms with E-state index in [1.54, 1.807) is 0 Å². The SMILES string of the molecule is NCC(c1ccc(F)cc1F)C(O)C1CC2CC2C1. The molecule has 3 rings (SSSR count). The average Bonchev–Trinajstić information content (AvgIpc) is 2.99. The minimum Gasteiger partial charge on any atom is -0.392 e. The van der Waals surface area contributed by atoms with Gasteiger partial charge in [0.05, 0.1) is 6.10 Å². The third-order valence-electron chi connectivity index (χ3n) is 4.79. The van der Waals surface area contributed by atoms with Crippen LogP contribution in [-0.2, 0) is 0 Å². The van der Waals surface area contributed by atoms with Crippen molar-refractivity contribution in [2.45, 2.75) is 31.3 Å². The van der Waals surface area contributed by atoms with Crippen molar-refractivity contribution in [2.24, 2.45) is 23.5 Å². The lowest BCUT2D eigenvalue weighted by Crippen LogP contribution is -2.32. The molecule has 0 aliphatic heterocycles. The molecule has 2 aliphatic carbocycles. The first-order chi connectivity index (χ1) is 9.10. The van der Waals surface area contributed by atoms with Crippen LogP contribution in [0.5, 0.6) is 0 Å². The highest BCUT2D eigenvalue weighted by atomic mass is 19.1. The Balaban J connectivity index is 1.79. The van der Waals surface area contributed by atoms with E-state index in [4.69, 9.17) is 5.73 Å². The maximum Gasteiger partial charge on any atom is 0.129 e. The number of halogens is 2. The van der Waals surface area contributed by atoms with Crippen LogP contribution in [-0.4, -0.2) is 17.8 Å². The molecular weight excluding hydrogens is 248 g/mol. The van der Waals surface area contributed by atoms with Gasteiger partial charge in [0.2, 0.25) is 0 Å². The van der Waals surface area contributed by atoms with Crippen LogP contribution in [0.2, 0.25) is 0 Å².